The highest BCUT2D eigenvalue weighted by atomic mass is 16.6. The summed E-state index contributed by atoms with van der Waals surface area (Å²) >= 11 is 0. The third-order valence-electron chi connectivity index (χ3n) is 7.02. The predicted molar refractivity (Wildman–Crippen MR) is 153 cm³/mol. The number of carbonyl (C=O) groups is 2. The molecule has 0 saturated heterocycles. The van der Waals surface area contributed by atoms with E-state index in [4.69, 9.17) is 14.5 Å². The number of rotatable bonds is 7. The average molecular weight is 542 g/mol. The largest absolute Gasteiger partial charge is 0.490 e. The van der Waals surface area contributed by atoms with Crippen LogP contribution < -0.4 is 15.4 Å². The number of hydrogen-bond donors (Lipinski definition) is 2. The number of benzene rings is 2. The second-order valence-electron chi connectivity index (χ2n) is 11.0. The lowest BCUT2D eigenvalue weighted by atomic mass is 9.71. The van der Waals surface area contributed by atoms with Crippen LogP contribution in [0.3, 0.4) is 0 Å². The zero-order valence-electron chi connectivity index (χ0n) is 23.6. The van der Waals surface area contributed by atoms with E-state index in [1.807, 2.05) is 82.3 Å². The summed E-state index contributed by atoms with van der Waals surface area (Å²) < 4.78 is 13.1. The summed E-state index contributed by atoms with van der Waals surface area (Å²) in [5.41, 5.74) is 4.00. The van der Waals surface area contributed by atoms with Gasteiger partial charge in [-0.3, -0.25) is 4.79 Å². The second kappa shape index (κ2) is 10.6. The number of fused-ring (bicyclic) bond motifs is 1. The zero-order valence-corrected chi connectivity index (χ0v) is 23.6. The van der Waals surface area contributed by atoms with Gasteiger partial charge in [-0.15, -0.1) is 0 Å². The fourth-order valence-electron chi connectivity index (χ4n) is 5.01. The molecule has 9 heteroatoms. The molecule has 9 nitrogen and oxygen atoms in total. The minimum absolute atomic E-state index is 0.232. The van der Waals surface area contributed by atoms with E-state index in [-0.39, 0.29) is 11.6 Å². The molecular weight excluding hydrogens is 506 g/mol. The number of imidazole rings is 1. The van der Waals surface area contributed by atoms with Gasteiger partial charge in [-0.2, -0.15) is 5.10 Å². The minimum Gasteiger partial charge on any atom is -0.490 e. The molecule has 0 atom stereocenters. The highest BCUT2D eigenvalue weighted by Gasteiger charge is 2.41. The van der Waals surface area contributed by atoms with Crippen molar-refractivity contribution in [1.82, 2.24) is 25.2 Å². The fourth-order valence-corrected chi connectivity index (χ4v) is 5.01. The molecule has 5 rings (SSSR count). The molecule has 1 aliphatic carbocycles. The predicted octanol–water partition coefficient (Wildman–Crippen LogP) is 5.73. The number of ether oxygens (including phenoxy) is 2. The summed E-state index contributed by atoms with van der Waals surface area (Å²) in [4.78, 5) is 30.1. The van der Waals surface area contributed by atoms with Crippen LogP contribution in [0.5, 0.6) is 5.75 Å². The Morgan fingerprint density at radius 2 is 1.73 bits per heavy atom. The first kappa shape index (κ1) is 27.2. The monoisotopic (exact) mass is 541 g/mol. The van der Waals surface area contributed by atoms with Crippen LogP contribution in [0, 0.1) is 0 Å². The molecule has 2 N–H and O–H groups in total. The van der Waals surface area contributed by atoms with Crippen LogP contribution in [0.15, 0.2) is 60.7 Å². The molecule has 0 radical (unpaired) electrons. The van der Waals surface area contributed by atoms with Crippen molar-refractivity contribution in [2.75, 3.05) is 13.7 Å². The van der Waals surface area contributed by atoms with Gasteiger partial charge in [-0.1, -0.05) is 54.6 Å². The van der Waals surface area contributed by atoms with Crippen molar-refractivity contribution >= 4 is 17.6 Å². The molecule has 208 valence electrons. The Morgan fingerprint density at radius 1 is 1.02 bits per heavy atom. The lowest BCUT2D eigenvalue weighted by Crippen LogP contribution is -2.52. The van der Waals surface area contributed by atoms with Gasteiger partial charge in [0.25, 0.3) is 5.91 Å². The molecule has 0 aliphatic heterocycles. The van der Waals surface area contributed by atoms with Gasteiger partial charge in [0.2, 0.25) is 0 Å². The molecule has 2 aromatic carbocycles. The first-order valence-electron chi connectivity index (χ1n) is 13.6. The van der Waals surface area contributed by atoms with Crippen molar-refractivity contribution in [2.45, 2.75) is 58.1 Å². The van der Waals surface area contributed by atoms with Crippen LogP contribution in [0.4, 0.5) is 4.79 Å². The summed E-state index contributed by atoms with van der Waals surface area (Å²) in [7, 11) is 1.57. The van der Waals surface area contributed by atoms with Crippen LogP contribution >= 0.6 is 0 Å². The number of carbonyl (C=O) groups excluding carboxylic acids is 2. The number of amides is 2. The van der Waals surface area contributed by atoms with E-state index in [2.05, 4.69) is 15.7 Å². The number of aromatic nitrogens is 3. The standard InChI is InChI=1S/C31H35N5O4/c1-6-39-24-19-23(28(37)32-5)35-36-26(21-11-8-7-9-12-21)25(33-27(24)36)20-13-15-22(16-14-20)31(17-10-18-31)34-29(38)40-30(2,3)4/h7-9,11-16,19H,6,10,17-18H2,1-5H3,(H,32,37)(H,34,38). The molecule has 4 aromatic rings. The van der Waals surface area contributed by atoms with Gasteiger partial charge < -0.3 is 20.1 Å². The third-order valence-corrected chi connectivity index (χ3v) is 7.02. The first-order valence-corrected chi connectivity index (χ1v) is 13.6. The zero-order chi connectivity index (χ0) is 28.5. The number of nitrogens with one attached hydrogen (secondary N) is 2. The molecule has 2 aromatic heterocycles. The SMILES string of the molecule is CCOc1cc(C(=O)NC)nn2c(-c3ccccc3)c(-c3ccc(C4(NC(=O)OC(C)(C)C)CCC4)cc3)nc12. The van der Waals surface area contributed by atoms with E-state index in [1.165, 1.54) is 0 Å². The molecule has 0 unspecified atom stereocenters. The van der Waals surface area contributed by atoms with Crippen molar-refractivity contribution in [3.8, 4) is 28.3 Å². The maximum atomic E-state index is 12.6. The van der Waals surface area contributed by atoms with E-state index >= 15 is 0 Å². The lowest BCUT2D eigenvalue weighted by Gasteiger charge is -2.43. The average Bonchev–Trinajstić information content (AvgIpc) is 3.30. The fraction of sp³-hybridized carbons (Fsp3) is 0.355. The maximum Gasteiger partial charge on any atom is 0.408 e. The molecule has 40 heavy (non-hydrogen) atoms. The van der Waals surface area contributed by atoms with Crippen LogP contribution in [-0.2, 0) is 10.3 Å². The number of alkyl carbamates (subject to hydrolysis) is 1. The number of nitrogens with zero attached hydrogens (tertiary/aromatic N) is 3. The first-order chi connectivity index (χ1) is 19.1. The van der Waals surface area contributed by atoms with Crippen molar-refractivity contribution in [1.29, 1.82) is 0 Å². The van der Waals surface area contributed by atoms with Crippen molar-refractivity contribution < 1.29 is 19.1 Å². The lowest BCUT2D eigenvalue weighted by molar-refractivity contribution is 0.0377. The maximum absolute atomic E-state index is 12.6. The van der Waals surface area contributed by atoms with Gasteiger partial charge in [-0.05, 0) is 52.5 Å². The van der Waals surface area contributed by atoms with E-state index in [9.17, 15) is 9.59 Å². The Morgan fingerprint density at radius 3 is 2.30 bits per heavy atom. The van der Waals surface area contributed by atoms with Crippen molar-refractivity contribution in [3.05, 3.63) is 71.9 Å². The summed E-state index contributed by atoms with van der Waals surface area (Å²) in [6.45, 7) is 7.88. The molecule has 1 saturated carbocycles. The molecule has 2 heterocycles. The number of hydrogen-bond acceptors (Lipinski definition) is 6. The van der Waals surface area contributed by atoms with Gasteiger partial charge in [0, 0.05) is 24.2 Å². The van der Waals surface area contributed by atoms with Crippen LogP contribution in [-0.4, -0.2) is 45.9 Å². The molecule has 0 spiro atoms. The van der Waals surface area contributed by atoms with Gasteiger partial charge in [0.15, 0.2) is 17.1 Å². The van der Waals surface area contributed by atoms with E-state index in [0.29, 0.717) is 23.7 Å². The van der Waals surface area contributed by atoms with Gasteiger partial charge >= 0.3 is 6.09 Å². The molecule has 0 bridgehead atoms. The molecule has 2 amide bonds. The Bertz CT molecular complexity index is 1530. The summed E-state index contributed by atoms with van der Waals surface area (Å²) in [6.07, 6.45) is 2.31. The summed E-state index contributed by atoms with van der Waals surface area (Å²) in [5.74, 6) is 0.163. The van der Waals surface area contributed by atoms with Crippen molar-refractivity contribution in [2.24, 2.45) is 0 Å². The van der Waals surface area contributed by atoms with Gasteiger partial charge in [-0.25, -0.2) is 14.3 Å². The van der Waals surface area contributed by atoms with Crippen LogP contribution in [0.25, 0.3) is 28.2 Å². The van der Waals surface area contributed by atoms with E-state index < -0.39 is 17.2 Å². The van der Waals surface area contributed by atoms with Crippen molar-refractivity contribution in [3.63, 3.8) is 0 Å². The highest BCUT2D eigenvalue weighted by Crippen LogP contribution is 2.43. The summed E-state index contributed by atoms with van der Waals surface area (Å²) in [5, 5.41) is 10.4. The minimum atomic E-state index is -0.568. The van der Waals surface area contributed by atoms with E-state index in [1.54, 1.807) is 17.6 Å². The Hall–Kier alpha value is -4.40. The topological polar surface area (TPSA) is 107 Å². The Kier molecular flexibility index (Phi) is 7.23. The highest BCUT2D eigenvalue weighted by molar-refractivity contribution is 5.93. The van der Waals surface area contributed by atoms with Crippen LogP contribution in [0.2, 0.25) is 0 Å². The van der Waals surface area contributed by atoms with Crippen LogP contribution in [0.1, 0.15) is 63.0 Å². The van der Waals surface area contributed by atoms with Gasteiger partial charge in [0.05, 0.1) is 17.8 Å². The van der Waals surface area contributed by atoms with Gasteiger partial charge in [0.1, 0.15) is 11.3 Å². The molecule has 1 aliphatic rings. The second-order valence-corrected chi connectivity index (χ2v) is 11.0. The molecule has 1 fully saturated rings. The molecular formula is C31H35N5O4. The Balaban J connectivity index is 1.60. The normalized spacial score (nSPS) is 14.3. The Labute approximate surface area is 233 Å². The van der Waals surface area contributed by atoms with E-state index in [0.717, 1.165) is 41.6 Å². The third kappa shape index (κ3) is 5.23. The smallest absolute Gasteiger partial charge is 0.408 e. The summed E-state index contributed by atoms with van der Waals surface area (Å²) in [6, 6.07) is 19.6. The quantitative estimate of drug-likeness (QED) is 0.310.